The van der Waals surface area contributed by atoms with Crippen LogP contribution in [0.15, 0.2) is 59.3 Å². The Morgan fingerprint density at radius 2 is 2.12 bits per heavy atom. The van der Waals surface area contributed by atoms with Gasteiger partial charge in [0.15, 0.2) is 11.4 Å². The minimum atomic E-state index is 0.378. The number of methoxy groups -OCH3 is 1. The van der Waals surface area contributed by atoms with Crippen LogP contribution in [0.25, 0.3) is 28.2 Å². The van der Waals surface area contributed by atoms with Gasteiger partial charge in [0.25, 0.3) is 0 Å². The third-order valence-corrected chi connectivity index (χ3v) is 3.99. The van der Waals surface area contributed by atoms with Gasteiger partial charge < -0.3 is 9.15 Å². The van der Waals surface area contributed by atoms with Crippen LogP contribution < -0.4 is 0 Å². The zero-order chi connectivity index (χ0) is 16.5. The fraction of sp³-hybridized carbons (Fsp3) is 0.111. The lowest BCUT2D eigenvalue weighted by atomic mass is 10.1. The molecule has 1 aromatic carbocycles. The molecule has 0 saturated heterocycles. The summed E-state index contributed by atoms with van der Waals surface area (Å²) in [6, 6.07) is 13.3. The number of aromatic nitrogens is 3. The molecule has 0 radical (unpaired) electrons. The van der Waals surface area contributed by atoms with Crippen LogP contribution in [0.5, 0.6) is 0 Å². The minimum Gasteiger partial charge on any atom is -0.463 e. The number of fused-ring (bicyclic) bond motifs is 1. The normalized spacial score (nSPS) is 11.2. The van der Waals surface area contributed by atoms with E-state index < -0.39 is 0 Å². The molecule has 0 atom stereocenters. The van der Waals surface area contributed by atoms with Crippen LogP contribution in [0.1, 0.15) is 5.69 Å². The van der Waals surface area contributed by atoms with E-state index >= 15 is 0 Å². The van der Waals surface area contributed by atoms with Gasteiger partial charge in [-0.3, -0.25) is 0 Å². The molecule has 0 spiro atoms. The molecule has 0 aliphatic carbocycles. The van der Waals surface area contributed by atoms with Crippen LogP contribution in [0.4, 0.5) is 0 Å². The molecule has 24 heavy (non-hydrogen) atoms. The van der Waals surface area contributed by atoms with Gasteiger partial charge in [-0.1, -0.05) is 23.7 Å². The first kappa shape index (κ1) is 14.9. The van der Waals surface area contributed by atoms with Gasteiger partial charge in [0.2, 0.25) is 0 Å². The van der Waals surface area contributed by atoms with Crippen LogP contribution in [0.3, 0.4) is 0 Å². The SMILES string of the molecule is COCc1nn2c(-c3ccco3)ccnc2c1-c1cccc(Cl)c1. The maximum absolute atomic E-state index is 6.16. The second-order valence-electron chi connectivity index (χ2n) is 5.31. The highest BCUT2D eigenvalue weighted by molar-refractivity contribution is 6.30. The van der Waals surface area contributed by atoms with E-state index in [4.69, 9.17) is 25.9 Å². The summed E-state index contributed by atoms with van der Waals surface area (Å²) in [5.74, 6) is 0.728. The van der Waals surface area contributed by atoms with E-state index in [1.54, 1.807) is 24.1 Å². The number of halogens is 1. The zero-order valence-electron chi connectivity index (χ0n) is 12.9. The first-order valence-electron chi connectivity index (χ1n) is 7.43. The van der Waals surface area contributed by atoms with Crippen LogP contribution in [-0.2, 0) is 11.3 Å². The molecule has 6 heteroatoms. The molecule has 120 valence electrons. The highest BCUT2D eigenvalue weighted by Crippen LogP contribution is 2.32. The largest absolute Gasteiger partial charge is 0.463 e. The fourth-order valence-electron chi connectivity index (χ4n) is 2.78. The molecule has 0 fully saturated rings. The molecule has 0 N–H and O–H groups in total. The van der Waals surface area contributed by atoms with Crippen molar-refractivity contribution in [3.63, 3.8) is 0 Å². The molecule has 0 bridgehead atoms. The van der Waals surface area contributed by atoms with Gasteiger partial charge in [-0.05, 0) is 35.9 Å². The highest BCUT2D eigenvalue weighted by Gasteiger charge is 2.19. The number of hydrogen-bond acceptors (Lipinski definition) is 4. The average Bonchev–Trinajstić information content (AvgIpc) is 3.22. The zero-order valence-corrected chi connectivity index (χ0v) is 13.7. The summed E-state index contributed by atoms with van der Waals surface area (Å²) < 4.78 is 12.6. The second kappa shape index (κ2) is 6.11. The van der Waals surface area contributed by atoms with E-state index in [2.05, 4.69) is 4.98 Å². The number of furan rings is 1. The maximum Gasteiger partial charge on any atom is 0.164 e. The van der Waals surface area contributed by atoms with E-state index in [0.29, 0.717) is 11.6 Å². The van der Waals surface area contributed by atoms with E-state index in [1.807, 2.05) is 42.5 Å². The molecule has 4 rings (SSSR count). The first-order valence-corrected chi connectivity index (χ1v) is 7.81. The van der Waals surface area contributed by atoms with Gasteiger partial charge in [-0.2, -0.15) is 5.10 Å². The van der Waals surface area contributed by atoms with Crippen molar-refractivity contribution in [2.45, 2.75) is 6.61 Å². The fourth-order valence-corrected chi connectivity index (χ4v) is 2.97. The quantitative estimate of drug-likeness (QED) is 0.551. The molecule has 0 aliphatic rings. The monoisotopic (exact) mass is 339 g/mol. The van der Waals surface area contributed by atoms with E-state index in [-0.39, 0.29) is 0 Å². The van der Waals surface area contributed by atoms with Crippen molar-refractivity contribution in [1.82, 2.24) is 14.6 Å². The Morgan fingerprint density at radius 3 is 2.88 bits per heavy atom. The topological polar surface area (TPSA) is 52.6 Å². The highest BCUT2D eigenvalue weighted by atomic mass is 35.5. The molecule has 0 saturated carbocycles. The third kappa shape index (κ3) is 2.48. The van der Waals surface area contributed by atoms with Crippen molar-refractivity contribution in [3.05, 3.63) is 65.6 Å². The smallest absolute Gasteiger partial charge is 0.164 e. The van der Waals surface area contributed by atoms with Gasteiger partial charge in [-0.25, -0.2) is 9.50 Å². The summed E-state index contributed by atoms with van der Waals surface area (Å²) in [5.41, 5.74) is 4.22. The summed E-state index contributed by atoms with van der Waals surface area (Å²) in [6.45, 7) is 0.378. The molecular weight excluding hydrogens is 326 g/mol. The van der Waals surface area contributed by atoms with Crippen LogP contribution >= 0.6 is 11.6 Å². The molecule has 3 aromatic heterocycles. The standard InChI is InChI=1S/C18H14ClN3O2/c1-23-11-14-17(12-4-2-5-13(19)10-12)18-20-8-7-15(22(18)21-14)16-6-3-9-24-16/h2-10H,11H2,1H3. The summed E-state index contributed by atoms with van der Waals surface area (Å²) in [4.78, 5) is 4.52. The molecular formula is C18H14ClN3O2. The number of ether oxygens (including phenoxy) is 1. The van der Waals surface area contributed by atoms with E-state index in [1.165, 1.54) is 0 Å². The Morgan fingerprint density at radius 1 is 1.21 bits per heavy atom. The molecule has 0 aliphatic heterocycles. The summed E-state index contributed by atoms with van der Waals surface area (Å²) in [6.07, 6.45) is 3.39. The minimum absolute atomic E-state index is 0.378. The van der Waals surface area contributed by atoms with Crippen molar-refractivity contribution in [2.24, 2.45) is 0 Å². The molecule has 0 unspecified atom stereocenters. The Hall–Kier alpha value is -2.63. The predicted molar refractivity (Wildman–Crippen MR) is 91.8 cm³/mol. The van der Waals surface area contributed by atoms with Crippen molar-refractivity contribution in [2.75, 3.05) is 7.11 Å². The van der Waals surface area contributed by atoms with Gasteiger partial charge >= 0.3 is 0 Å². The summed E-state index contributed by atoms with van der Waals surface area (Å²) in [5, 5.41) is 5.35. The number of rotatable bonds is 4. The van der Waals surface area contributed by atoms with Gasteiger partial charge in [-0.15, -0.1) is 0 Å². The van der Waals surface area contributed by atoms with Gasteiger partial charge in [0, 0.05) is 18.3 Å². The van der Waals surface area contributed by atoms with Crippen molar-refractivity contribution >= 4 is 17.2 Å². The Kier molecular flexibility index (Phi) is 3.80. The van der Waals surface area contributed by atoms with E-state index in [9.17, 15) is 0 Å². The average molecular weight is 340 g/mol. The predicted octanol–water partition coefficient (Wildman–Crippen LogP) is 4.46. The molecule has 3 heterocycles. The molecule has 0 amide bonds. The lowest BCUT2D eigenvalue weighted by Crippen LogP contribution is -1.95. The van der Waals surface area contributed by atoms with Crippen molar-refractivity contribution < 1.29 is 9.15 Å². The Balaban J connectivity index is 2.01. The lowest BCUT2D eigenvalue weighted by Gasteiger charge is -2.04. The lowest BCUT2D eigenvalue weighted by molar-refractivity contribution is 0.181. The Labute approximate surface area is 143 Å². The van der Waals surface area contributed by atoms with Crippen LogP contribution in [-0.4, -0.2) is 21.7 Å². The van der Waals surface area contributed by atoms with Crippen LogP contribution in [0, 0.1) is 0 Å². The number of hydrogen-bond donors (Lipinski definition) is 0. The second-order valence-corrected chi connectivity index (χ2v) is 5.74. The maximum atomic E-state index is 6.16. The first-order chi connectivity index (χ1) is 11.8. The third-order valence-electron chi connectivity index (χ3n) is 3.76. The van der Waals surface area contributed by atoms with Gasteiger partial charge in [0.05, 0.1) is 24.1 Å². The number of benzene rings is 1. The molecule has 5 nitrogen and oxygen atoms in total. The van der Waals surface area contributed by atoms with Gasteiger partial charge in [0.1, 0.15) is 5.69 Å². The Bertz CT molecular complexity index is 993. The van der Waals surface area contributed by atoms with Crippen LogP contribution in [0.2, 0.25) is 5.02 Å². The summed E-state index contributed by atoms with van der Waals surface area (Å²) in [7, 11) is 1.65. The van der Waals surface area contributed by atoms with Crippen molar-refractivity contribution in [1.29, 1.82) is 0 Å². The van der Waals surface area contributed by atoms with E-state index in [0.717, 1.165) is 33.9 Å². The number of nitrogens with zero attached hydrogens (tertiary/aromatic N) is 3. The summed E-state index contributed by atoms with van der Waals surface area (Å²) >= 11 is 6.16. The molecule has 4 aromatic rings. The van der Waals surface area contributed by atoms with Crippen molar-refractivity contribution in [3.8, 4) is 22.6 Å².